The first kappa shape index (κ1) is 18.5. The van der Waals surface area contributed by atoms with Crippen LogP contribution in [0.4, 0.5) is 17.6 Å². The highest BCUT2D eigenvalue weighted by Gasteiger charge is 2.44. The van der Waals surface area contributed by atoms with E-state index in [0.717, 1.165) is 24.3 Å². The van der Waals surface area contributed by atoms with E-state index in [1.54, 1.807) is 0 Å². The first-order chi connectivity index (χ1) is 10.9. The maximum Gasteiger partial charge on any atom is 0.416 e. The van der Waals surface area contributed by atoms with Gasteiger partial charge in [0.25, 0.3) is 5.91 Å². The molecule has 4 nitrogen and oxygen atoms in total. The predicted molar refractivity (Wildman–Crippen MR) is 80.2 cm³/mol. The molecule has 0 saturated heterocycles. The molecule has 0 aromatic heterocycles. The van der Waals surface area contributed by atoms with E-state index in [0.29, 0.717) is 0 Å². The fourth-order valence-electron chi connectivity index (χ4n) is 2.53. The standard InChI is InChI=1S/C16H20F4N2O2/c1-14(2,13(23)22-9-15(17)7-11(21)8-15)24-12-5-3-10(4-6-12)16(18,19)20/h3-6,11H,7-9,21H2,1-2H3,(H,22,23). The van der Waals surface area contributed by atoms with E-state index in [9.17, 15) is 22.4 Å². The van der Waals surface area contributed by atoms with Crippen molar-refractivity contribution in [1.82, 2.24) is 5.32 Å². The Morgan fingerprint density at radius 1 is 1.29 bits per heavy atom. The summed E-state index contributed by atoms with van der Waals surface area (Å²) < 4.78 is 57.0. The van der Waals surface area contributed by atoms with Gasteiger partial charge in [-0.05, 0) is 51.0 Å². The number of nitrogens with two attached hydrogens (primary N) is 1. The Morgan fingerprint density at radius 3 is 2.29 bits per heavy atom. The summed E-state index contributed by atoms with van der Waals surface area (Å²) in [6.45, 7) is 2.74. The molecule has 24 heavy (non-hydrogen) atoms. The molecule has 0 heterocycles. The van der Waals surface area contributed by atoms with E-state index in [1.165, 1.54) is 13.8 Å². The highest BCUT2D eigenvalue weighted by molar-refractivity contribution is 5.84. The van der Waals surface area contributed by atoms with Crippen molar-refractivity contribution in [3.63, 3.8) is 0 Å². The topological polar surface area (TPSA) is 64.3 Å². The van der Waals surface area contributed by atoms with Gasteiger partial charge < -0.3 is 15.8 Å². The fraction of sp³-hybridized carbons (Fsp3) is 0.562. The van der Waals surface area contributed by atoms with Crippen LogP contribution in [-0.2, 0) is 11.0 Å². The molecule has 0 atom stereocenters. The van der Waals surface area contributed by atoms with Crippen LogP contribution in [0, 0.1) is 0 Å². The van der Waals surface area contributed by atoms with E-state index in [4.69, 9.17) is 10.5 Å². The Balaban J connectivity index is 1.93. The number of hydrogen-bond donors (Lipinski definition) is 2. The second kappa shape index (κ2) is 6.23. The van der Waals surface area contributed by atoms with E-state index >= 15 is 0 Å². The van der Waals surface area contributed by atoms with Crippen LogP contribution >= 0.6 is 0 Å². The summed E-state index contributed by atoms with van der Waals surface area (Å²) in [4.78, 5) is 12.1. The molecule has 2 rings (SSSR count). The molecule has 0 bridgehead atoms. The molecule has 1 aromatic rings. The average molecular weight is 348 g/mol. The summed E-state index contributed by atoms with van der Waals surface area (Å²) in [6, 6.07) is 3.83. The SMILES string of the molecule is CC(C)(Oc1ccc(C(F)(F)F)cc1)C(=O)NCC1(F)CC(N)C1. The van der Waals surface area contributed by atoms with Crippen LogP contribution in [0.3, 0.4) is 0 Å². The third kappa shape index (κ3) is 4.37. The van der Waals surface area contributed by atoms with E-state index in [2.05, 4.69) is 5.32 Å². The molecule has 8 heteroatoms. The number of hydrogen-bond acceptors (Lipinski definition) is 3. The van der Waals surface area contributed by atoms with Crippen molar-refractivity contribution in [1.29, 1.82) is 0 Å². The molecule has 1 saturated carbocycles. The summed E-state index contributed by atoms with van der Waals surface area (Å²) in [5.74, 6) is -0.441. The smallest absolute Gasteiger partial charge is 0.416 e. The number of ether oxygens (including phenoxy) is 1. The zero-order valence-corrected chi connectivity index (χ0v) is 13.4. The zero-order valence-electron chi connectivity index (χ0n) is 13.4. The van der Waals surface area contributed by atoms with E-state index in [-0.39, 0.29) is 31.2 Å². The molecule has 134 valence electrons. The van der Waals surface area contributed by atoms with Crippen molar-refractivity contribution in [3.8, 4) is 5.75 Å². The zero-order chi connectivity index (χ0) is 18.2. The number of benzene rings is 1. The molecule has 1 aliphatic carbocycles. The number of carbonyl (C=O) groups excluding carboxylic acids is 1. The minimum atomic E-state index is -4.44. The highest BCUT2D eigenvalue weighted by atomic mass is 19.4. The van der Waals surface area contributed by atoms with Crippen LogP contribution in [0.2, 0.25) is 0 Å². The molecular formula is C16H20F4N2O2. The molecule has 1 amide bonds. The average Bonchev–Trinajstić information content (AvgIpc) is 2.42. The Bertz CT molecular complexity index is 593. The maximum atomic E-state index is 14.0. The largest absolute Gasteiger partial charge is 0.478 e. The van der Waals surface area contributed by atoms with Gasteiger partial charge in [0.2, 0.25) is 0 Å². The lowest BCUT2D eigenvalue weighted by Gasteiger charge is -2.39. The minimum absolute atomic E-state index is 0.115. The fourth-order valence-corrected chi connectivity index (χ4v) is 2.53. The quantitative estimate of drug-likeness (QED) is 0.805. The normalized spacial score (nSPS) is 24.2. The summed E-state index contributed by atoms with van der Waals surface area (Å²) >= 11 is 0. The van der Waals surface area contributed by atoms with Crippen molar-refractivity contribution in [2.75, 3.05) is 6.54 Å². The van der Waals surface area contributed by atoms with Crippen LogP contribution in [0.25, 0.3) is 0 Å². The Morgan fingerprint density at radius 2 is 1.83 bits per heavy atom. The molecular weight excluding hydrogens is 328 g/mol. The summed E-state index contributed by atoms with van der Waals surface area (Å²) in [7, 11) is 0. The van der Waals surface area contributed by atoms with E-state index in [1.807, 2.05) is 0 Å². The monoisotopic (exact) mass is 348 g/mol. The second-order valence-electron chi connectivity index (χ2n) is 6.64. The van der Waals surface area contributed by atoms with Gasteiger partial charge in [0, 0.05) is 6.04 Å². The first-order valence-corrected chi connectivity index (χ1v) is 7.50. The van der Waals surface area contributed by atoms with Crippen LogP contribution in [0.15, 0.2) is 24.3 Å². The molecule has 0 radical (unpaired) electrons. The minimum Gasteiger partial charge on any atom is -0.478 e. The van der Waals surface area contributed by atoms with Crippen molar-refractivity contribution in [2.45, 2.75) is 50.2 Å². The van der Waals surface area contributed by atoms with Crippen LogP contribution < -0.4 is 15.8 Å². The Kier molecular flexibility index (Phi) is 4.81. The van der Waals surface area contributed by atoms with E-state index < -0.39 is 28.9 Å². The number of carbonyl (C=O) groups is 1. The van der Waals surface area contributed by atoms with Gasteiger partial charge in [-0.25, -0.2) is 4.39 Å². The van der Waals surface area contributed by atoms with Gasteiger partial charge >= 0.3 is 6.18 Å². The summed E-state index contributed by atoms with van der Waals surface area (Å²) in [6.07, 6.45) is -4.06. The Hall–Kier alpha value is -1.83. The molecule has 1 fully saturated rings. The Labute approximate surface area is 137 Å². The predicted octanol–water partition coefficient (Wildman–Crippen LogP) is 2.81. The number of rotatable bonds is 5. The van der Waals surface area contributed by atoms with Crippen LogP contribution in [0.1, 0.15) is 32.3 Å². The lowest BCUT2D eigenvalue weighted by molar-refractivity contribution is -0.138. The van der Waals surface area contributed by atoms with Crippen molar-refractivity contribution < 1.29 is 27.1 Å². The van der Waals surface area contributed by atoms with Gasteiger partial charge in [0.1, 0.15) is 11.4 Å². The third-order valence-corrected chi connectivity index (χ3v) is 3.92. The van der Waals surface area contributed by atoms with Crippen molar-refractivity contribution >= 4 is 5.91 Å². The molecule has 1 aromatic carbocycles. The maximum absolute atomic E-state index is 14.0. The molecule has 0 aliphatic heterocycles. The molecule has 0 spiro atoms. The van der Waals surface area contributed by atoms with Crippen LogP contribution in [-0.4, -0.2) is 29.8 Å². The van der Waals surface area contributed by atoms with Gasteiger partial charge in [0.05, 0.1) is 12.1 Å². The highest BCUT2D eigenvalue weighted by Crippen LogP contribution is 2.34. The second-order valence-corrected chi connectivity index (χ2v) is 6.64. The number of alkyl halides is 4. The van der Waals surface area contributed by atoms with Gasteiger partial charge in [-0.1, -0.05) is 0 Å². The first-order valence-electron chi connectivity index (χ1n) is 7.50. The van der Waals surface area contributed by atoms with Crippen LogP contribution in [0.5, 0.6) is 5.75 Å². The summed E-state index contributed by atoms with van der Waals surface area (Å²) in [5, 5.41) is 2.47. The van der Waals surface area contributed by atoms with Gasteiger partial charge in [-0.2, -0.15) is 13.2 Å². The lowest BCUT2D eigenvalue weighted by atomic mass is 9.78. The van der Waals surface area contributed by atoms with Gasteiger partial charge in [-0.3, -0.25) is 4.79 Å². The van der Waals surface area contributed by atoms with Gasteiger partial charge in [-0.15, -0.1) is 0 Å². The molecule has 1 aliphatic rings. The van der Waals surface area contributed by atoms with Gasteiger partial charge in [0.15, 0.2) is 5.60 Å². The van der Waals surface area contributed by atoms with Crippen molar-refractivity contribution in [2.24, 2.45) is 5.73 Å². The summed E-state index contributed by atoms with van der Waals surface area (Å²) in [5.41, 5.74) is 1.87. The van der Waals surface area contributed by atoms with Crippen molar-refractivity contribution in [3.05, 3.63) is 29.8 Å². The number of halogens is 4. The third-order valence-electron chi connectivity index (χ3n) is 3.92. The molecule has 3 N–H and O–H groups in total. The number of amides is 1. The number of nitrogens with one attached hydrogen (secondary N) is 1. The molecule has 0 unspecified atom stereocenters. The lowest BCUT2D eigenvalue weighted by Crippen LogP contribution is -2.57.